The summed E-state index contributed by atoms with van der Waals surface area (Å²) >= 11 is 0. The molecule has 1 aliphatic heterocycles. The first-order valence-electron chi connectivity index (χ1n) is 9.66. The molecule has 2 aromatic heterocycles. The van der Waals surface area contributed by atoms with Crippen LogP contribution in [0.5, 0.6) is 0 Å². The average Bonchev–Trinajstić information content (AvgIpc) is 3.02. The maximum Gasteiger partial charge on any atom is 0.727 e. The van der Waals surface area contributed by atoms with Gasteiger partial charge in [0.15, 0.2) is 0 Å². The summed E-state index contributed by atoms with van der Waals surface area (Å²) in [5, 5.41) is 1.02. The molecule has 8 heteroatoms. The van der Waals surface area contributed by atoms with Crippen molar-refractivity contribution in [2.45, 2.75) is 31.9 Å². The molecular formula is C21H15BF4N3+. The molecule has 3 nitrogen and oxygen atoms in total. The number of aromatic nitrogens is 2. The zero-order chi connectivity index (χ0) is 19.9. The summed E-state index contributed by atoms with van der Waals surface area (Å²) in [5.74, 6) is 0.505. The van der Waals surface area contributed by atoms with E-state index in [0.717, 1.165) is 37.3 Å². The molecular weight excluding hydrogens is 381 g/mol. The van der Waals surface area contributed by atoms with E-state index in [2.05, 4.69) is 4.99 Å². The van der Waals surface area contributed by atoms with Crippen LogP contribution >= 0.6 is 0 Å². The number of nitrogens with zero attached hydrogens (tertiary/aromatic N) is 3. The third kappa shape index (κ3) is 2.25. The van der Waals surface area contributed by atoms with E-state index >= 15 is 4.32 Å². The van der Waals surface area contributed by atoms with E-state index < -0.39 is 19.0 Å². The fourth-order valence-electron chi connectivity index (χ4n) is 4.82. The van der Waals surface area contributed by atoms with Crippen LogP contribution < -0.4 is 9.97 Å². The number of aryl methyl sites for hydroxylation is 2. The molecule has 0 atom stereocenters. The first-order valence-corrected chi connectivity index (χ1v) is 9.66. The molecule has 2 aliphatic rings. The van der Waals surface area contributed by atoms with Gasteiger partial charge in [0.05, 0.1) is 17.1 Å². The quantitative estimate of drug-likeness (QED) is 0.312. The molecule has 1 aliphatic carbocycles. The van der Waals surface area contributed by atoms with E-state index in [1.54, 1.807) is 12.1 Å². The van der Waals surface area contributed by atoms with Crippen molar-refractivity contribution in [1.29, 1.82) is 0 Å². The molecule has 0 saturated carbocycles. The molecule has 0 unspecified atom stereocenters. The van der Waals surface area contributed by atoms with Gasteiger partial charge in [-0.05, 0) is 65.4 Å². The Hall–Kier alpha value is -2.90. The average molecular weight is 396 g/mol. The Morgan fingerprint density at radius 2 is 1.76 bits per heavy atom. The number of pyridine rings is 1. The lowest BCUT2D eigenvalue weighted by molar-refractivity contribution is -0.536. The normalized spacial score (nSPS) is 15.9. The first kappa shape index (κ1) is 17.0. The molecule has 0 bridgehead atoms. The molecule has 4 aromatic rings. The number of rotatable bonds is 0. The zero-order valence-electron chi connectivity index (χ0n) is 15.3. The zero-order valence-corrected chi connectivity index (χ0v) is 15.3. The van der Waals surface area contributed by atoms with Crippen molar-refractivity contribution >= 4 is 34.8 Å². The van der Waals surface area contributed by atoms with Crippen molar-refractivity contribution in [2.75, 3.05) is 0 Å². The summed E-state index contributed by atoms with van der Waals surface area (Å²) in [5.41, 5.74) is 2.38. The van der Waals surface area contributed by atoms with E-state index in [-0.39, 0.29) is 5.39 Å². The van der Waals surface area contributed by atoms with Crippen LogP contribution in [0.25, 0.3) is 21.7 Å². The van der Waals surface area contributed by atoms with Crippen LogP contribution in [0.4, 0.5) is 23.3 Å². The van der Waals surface area contributed by atoms with Crippen molar-refractivity contribution < 1.29 is 22.0 Å². The molecule has 144 valence electrons. The number of benzene rings is 2. The summed E-state index contributed by atoms with van der Waals surface area (Å²) in [6, 6.07) is 9.04. The lowest BCUT2D eigenvalue weighted by Crippen LogP contribution is -2.59. The molecule has 0 fully saturated rings. The minimum atomic E-state index is -4.48. The highest BCUT2D eigenvalue weighted by Gasteiger charge is 2.42. The molecule has 2 aromatic carbocycles. The summed E-state index contributed by atoms with van der Waals surface area (Å²) in [4.78, 5) is 4.68. The molecule has 0 radical (unpaired) electrons. The maximum absolute atomic E-state index is 15.7. The predicted octanol–water partition coefficient (Wildman–Crippen LogP) is 4.31. The third-order valence-corrected chi connectivity index (χ3v) is 6.13. The van der Waals surface area contributed by atoms with Gasteiger partial charge in [0, 0.05) is 17.0 Å². The molecule has 0 spiro atoms. The van der Waals surface area contributed by atoms with E-state index in [1.165, 1.54) is 26.7 Å². The number of fused-ring (bicyclic) bond motifs is 5. The predicted molar refractivity (Wildman–Crippen MR) is 102 cm³/mol. The summed E-state index contributed by atoms with van der Waals surface area (Å²) in [6.07, 6.45) is 1.37. The van der Waals surface area contributed by atoms with Crippen molar-refractivity contribution in [3.05, 3.63) is 64.8 Å². The van der Waals surface area contributed by atoms with Crippen molar-refractivity contribution in [3.63, 3.8) is 0 Å². The Bertz CT molecular complexity index is 1370. The van der Waals surface area contributed by atoms with E-state index in [9.17, 15) is 13.2 Å². The second-order valence-corrected chi connectivity index (χ2v) is 7.77. The Labute approximate surface area is 163 Å². The number of alkyl halides is 3. The van der Waals surface area contributed by atoms with Crippen LogP contribution in [0.1, 0.15) is 29.5 Å². The standard InChI is InChI=1S/C21H15BF4N3/c23-21(24,25)16-8-9-17-19-14(16)6-3-7-15(19)20-27-18-10-12-4-1-2-5-13(12)11-28(18)22(26)29(17)20/h3,6-11H,1-2,4-5H2/q+1. The lowest BCUT2D eigenvalue weighted by Gasteiger charge is -2.18. The first-order chi connectivity index (χ1) is 13.9. The molecule has 0 N–H and O–H groups in total. The topological polar surface area (TPSA) is 21.2 Å². The van der Waals surface area contributed by atoms with Crippen molar-refractivity contribution in [2.24, 2.45) is 4.99 Å². The Balaban J connectivity index is 1.71. The third-order valence-electron chi connectivity index (χ3n) is 6.13. The van der Waals surface area contributed by atoms with Gasteiger partial charge in [-0.25, -0.2) is 4.48 Å². The molecule has 0 saturated heterocycles. The van der Waals surface area contributed by atoms with Crippen LogP contribution in [-0.4, -0.2) is 11.7 Å². The van der Waals surface area contributed by atoms with Gasteiger partial charge < -0.3 is 0 Å². The Morgan fingerprint density at radius 3 is 2.55 bits per heavy atom. The second kappa shape index (κ2) is 5.59. The van der Waals surface area contributed by atoms with Crippen LogP contribution in [0.15, 0.2) is 47.6 Å². The van der Waals surface area contributed by atoms with Crippen LogP contribution in [0.2, 0.25) is 0 Å². The minimum absolute atomic E-state index is 0.0742. The number of hydrogen-bond acceptors (Lipinski definition) is 1. The maximum atomic E-state index is 15.7. The van der Waals surface area contributed by atoms with Gasteiger partial charge in [-0.3, -0.25) is 8.79 Å². The fourth-order valence-corrected chi connectivity index (χ4v) is 4.82. The molecule has 0 amide bonds. The second-order valence-electron chi connectivity index (χ2n) is 7.77. The summed E-state index contributed by atoms with van der Waals surface area (Å²) in [7, 11) is -1.56. The van der Waals surface area contributed by atoms with Crippen LogP contribution in [0, 0.1) is 0 Å². The summed E-state index contributed by atoms with van der Waals surface area (Å²) < 4.78 is 59.2. The van der Waals surface area contributed by atoms with Gasteiger partial charge in [-0.15, -0.1) is 0 Å². The monoisotopic (exact) mass is 396 g/mol. The van der Waals surface area contributed by atoms with Gasteiger partial charge in [-0.1, -0.05) is 12.1 Å². The number of hydrogen-bond donors (Lipinski definition) is 0. The minimum Gasteiger partial charge on any atom is -0.274 e. The van der Waals surface area contributed by atoms with Crippen molar-refractivity contribution in [3.8, 4) is 0 Å². The van der Waals surface area contributed by atoms with Gasteiger partial charge in [-0.2, -0.15) is 13.2 Å². The SMILES string of the molecule is FB1n2c(c3cccc4c(C(F)(F)F)ccc2c43)=Nc2cc3c(c[n+]21)CCCC3. The van der Waals surface area contributed by atoms with Gasteiger partial charge in [0.2, 0.25) is 5.49 Å². The lowest BCUT2D eigenvalue weighted by atomic mass is 9.91. The van der Waals surface area contributed by atoms with Gasteiger partial charge in [0.25, 0.3) is 0 Å². The highest BCUT2D eigenvalue weighted by atomic mass is 19.4. The fraction of sp³-hybridized carbons (Fsp3) is 0.238. The van der Waals surface area contributed by atoms with Crippen molar-refractivity contribution in [1.82, 2.24) is 4.48 Å². The molecule has 6 rings (SSSR count). The smallest absolute Gasteiger partial charge is 0.274 e. The Morgan fingerprint density at radius 1 is 1.00 bits per heavy atom. The summed E-state index contributed by atoms with van der Waals surface area (Å²) in [6.45, 7) is 0. The molecule has 3 heterocycles. The largest absolute Gasteiger partial charge is 0.727 e. The van der Waals surface area contributed by atoms with Gasteiger partial charge >= 0.3 is 19.3 Å². The molecule has 29 heavy (non-hydrogen) atoms. The van der Waals surface area contributed by atoms with E-state index in [1.807, 2.05) is 12.3 Å². The van der Waals surface area contributed by atoms with E-state index in [0.29, 0.717) is 27.6 Å². The highest BCUT2D eigenvalue weighted by Crippen LogP contribution is 2.38. The Kier molecular flexibility index (Phi) is 3.28. The van der Waals surface area contributed by atoms with Gasteiger partial charge in [0.1, 0.15) is 0 Å². The van der Waals surface area contributed by atoms with E-state index in [4.69, 9.17) is 0 Å². The highest BCUT2D eigenvalue weighted by molar-refractivity contribution is 6.42. The number of halogens is 4. The van der Waals surface area contributed by atoms with Crippen LogP contribution in [0.3, 0.4) is 0 Å². The van der Waals surface area contributed by atoms with Crippen LogP contribution in [-0.2, 0) is 19.0 Å².